The first-order valence-corrected chi connectivity index (χ1v) is 11.7. The second kappa shape index (κ2) is 10.0. The number of fused-ring (bicyclic) bond motifs is 1. The molecule has 1 heterocycles. The van der Waals surface area contributed by atoms with Gasteiger partial charge in [0.25, 0.3) is 5.56 Å². The van der Waals surface area contributed by atoms with E-state index in [4.69, 9.17) is 9.72 Å². The van der Waals surface area contributed by atoms with Crippen molar-refractivity contribution in [1.82, 2.24) is 9.66 Å². The molecule has 0 fully saturated rings. The van der Waals surface area contributed by atoms with E-state index in [1.165, 1.54) is 16.8 Å². The molecule has 0 saturated carbocycles. The first-order valence-electron chi connectivity index (χ1n) is 10.9. The number of para-hydroxylation sites is 1. The summed E-state index contributed by atoms with van der Waals surface area (Å²) >= 11 is 3.52. The fraction of sp³-hybridized carbons (Fsp3) is 0.0357. The number of ether oxygens (including phenoxy) is 1. The van der Waals surface area contributed by atoms with Crippen molar-refractivity contribution in [3.05, 3.63) is 129 Å². The molecular formula is C28H19BrFN3O2. The van der Waals surface area contributed by atoms with Crippen molar-refractivity contribution in [2.24, 2.45) is 5.10 Å². The maximum absolute atomic E-state index is 13.4. The zero-order valence-electron chi connectivity index (χ0n) is 18.4. The molecule has 5 aromatic rings. The number of halogens is 2. The van der Waals surface area contributed by atoms with Crippen LogP contribution in [0.1, 0.15) is 11.1 Å². The third-order valence-electron chi connectivity index (χ3n) is 5.35. The molecule has 0 amide bonds. The van der Waals surface area contributed by atoms with Gasteiger partial charge in [0.15, 0.2) is 5.82 Å². The van der Waals surface area contributed by atoms with Crippen molar-refractivity contribution in [2.45, 2.75) is 6.61 Å². The van der Waals surface area contributed by atoms with E-state index in [1.54, 1.807) is 36.5 Å². The summed E-state index contributed by atoms with van der Waals surface area (Å²) in [6.45, 7) is 0.238. The highest BCUT2D eigenvalue weighted by molar-refractivity contribution is 9.10. The predicted octanol–water partition coefficient (Wildman–Crippen LogP) is 6.43. The van der Waals surface area contributed by atoms with E-state index in [-0.39, 0.29) is 18.0 Å². The van der Waals surface area contributed by atoms with Crippen molar-refractivity contribution >= 4 is 33.0 Å². The number of nitrogens with zero attached hydrogens (tertiary/aromatic N) is 3. The molecule has 0 radical (unpaired) electrons. The van der Waals surface area contributed by atoms with Crippen LogP contribution in [0.3, 0.4) is 0 Å². The Labute approximate surface area is 209 Å². The molecule has 35 heavy (non-hydrogen) atoms. The molecule has 0 aliphatic rings. The highest BCUT2D eigenvalue weighted by Gasteiger charge is 2.12. The summed E-state index contributed by atoms with van der Waals surface area (Å²) in [5, 5.41) is 4.98. The van der Waals surface area contributed by atoms with Gasteiger partial charge in [-0.2, -0.15) is 9.78 Å². The van der Waals surface area contributed by atoms with Gasteiger partial charge in [-0.25, -0.2) is 9.37 Å². The van der Waals surface area contributed by atoms with Gasteiger partial charge in [-0.15, -0.1) is 0 Å². The second-order valence-electron chi connectivity index (χ2n) is 7.79. The van der Waals surface area contributed by atoms with Gasteiger partial charge < -0.3 is 4.74 Å². The van der Waals surface area contributed by atoms with Crippen LogP contribution in [0.2, 0.25) is 0 Å². The Bertz CT molecular complexity index is 1600. The van der Waals surface area contributed by atoms with Gasteiger partial charge in [-0.3, -0.25) is 4.79 Å². The molecule has 172 valence electrons. The maximum Gasteiger partial charge on any atom is 0.282 e. The van der Waals surface area contributed by atoms with E-state index in [1.807, 2.05) is 54.6 Å². The third-order valence-corrected chi connectivity index (χ3v) is 5.97. The first kappa shape index (κ1) is 22.7. The van der Waals surface area contributed by atoms with E-state index in [0.717, 1.165) is 16.7 Å². The van der Waals surface area contributed by atoms with E-state index in [0.29, 0.717) is 26.9 Å². The largest absolute Gasteiger partial charge is 0.488 e. The minimum atomic E-state index is -0.301. The molecule has 0 aliphatic heterocycles. The van der Waals surface area contributed by atoms with Crippen LogP contribution in [0, 0.1) is 5.82 Å². The van der Waals surface area contributed by atoms with Crippen molar-refractivity contribution < 1.29 is 9.13 Å². The zero-order chi connectivity index (χ0) is 24.2. The average Bonchev–Trinajstić information content (AvgIpc) is 2.88. The van der Waals surface area contributed by atoms with Gasteiger partial charge in [0.1, 0.15) is 18.2 Å². The lowest BCUT2D eigenvalue weighted by Gasteiger charge is -2.10. The standard InChI is InChI=1S/C28H19BrFN3O2/c29-24-16-19(13-14-26(24)35-18-20-7-6-10-22(30)15-20)17-31-33-27(21-8-2-1-3-9-21)32-25-12-5-4-11-23(25)28(33)34/h1-17H,18H2. The molecule has 0 atom stereocenters. The summed E-state index contributed by atoms with van der Waals surface area (Å²) in [4.78, 5) is 18.0. The number of benzene rings is 4. The van der Waals surface area contributed by atoms with E-state index < -0.39 is 0 Å². The second-order valence-corrected chi connectivity index (χ2v) is 8.64. The third kappa shape index (κ3) is 5.05. The quantitative estimate of drug-likeness (QED) is 0.239. The van der Waals surface area contributed by atoms with Gasteiger partial charge in [-0.05, 0) is 69.5 Å². The van der Waals surface area contributed by atoms with Crippen LogP contribution in [0.25, 0.3) is 22.3 Å². The molecule has 5 nitrogen and oxygen atoms in total. The monoisotopic (exact) mass is 527 g/mol. The van der Waals surface area contributed by atoms with Gasteiger partial charge >= 0.3 is 0 Å². The van der Waals surface area contributed by atoms with E-state index in [9.17, 15) is 9.18 Å². The highest BCUT2D eigenvalue weighted by Crippen LogP contribution is 2.27. The number of hydrogen-bond donors (Lipinski definition) is 0. The summed E-state index contributed by atoms with van der Waals surface area (Å²) < 4.78 is 21.2. The summed E-state index contributed by atoms with van der Waals surface area (Å²) in [7, 11) is 0. The van der Waals surface area contributed by atoms with Crippen molar-refractivity contribution in [3.8, 4) is 17.1 Å². The Hall–Kier alpha value is -4.10. The molecular weight excluding hydrogens is 509 g/mol. The number of hydrogen-bond acceptors (Lipinski definition) is 4. The summed E-state index contributed by atoms with van der Waals surface area (Å²) in [5.41, 5.74) is 2.65. The molecule has 0 saturated heterocycles. The summed E-state index contributed by atoms with van der Waals surface area (Å²) in [5.74, 6) is 0.769. The van der Waals surface area contributed by atoms with Crippen LogP contribution in [-0.4, -0.2) is 15.9 Å². The normalized spacial score (nSPS) is 11.3. The summed E-state index contributed by atoms with van der Waals surface area (Å²) in [6, 6.07) is 28.5. The molecule has 5 rings (SSSR count). The lowest BCUT2D eigenvalue weighted by atomic mass is 10.2. The molecule has 7 heteroatoms. The van der Waals surface area contributed by atoms with Gasteiger partial charge in [0.2, 0.25) is 0 Å². The topological polar surface area (TPSA) is 56.5 Å². The van der Waals surface area contributed by atoms with Gasteiger partial charge in [0, 0.05) is 5.56 Å². The Kier molecular flexibility index (Phi) is 6.50. The van der Waals surface area contributed by atoms with Crippen molar-refractivity contribution in [1.29, 1.82) is 0 Å². The Morgan fingerprint density at radius 2 is 1.74 bits per heavy atom. The molecule has 0 aliphatic carbocycles. The van der Waals surface area contributed by atoms with Crippen LogP contribution in [-0.2, 0) is 6.61 Å². The predicted molar refractivity (Wildman–Crippen MR) is 139 cm³/mol. The van der Waals surface area contributed by atoms with Crippen molar-refractivity contribution in [2.75, 3.05) is 0 Å². The number of aromatic nitrogens is 2. The summed E-state index contributed by atoms with van der Waals surface area (Å²) in [6.07, 6.45) is 1.60. The van der Waals surface area contributed by atoms with E-state index in [2.05, 4.69) is 21.0 Å². The Balaban J connectivity index is 1.46. The fourth-order valence-electron chi connectivity index (χ4n) is 3.63. The molecule has 0 unspecified atom stereocenters. The molecule has 0 spiro atoms. The lowest BCUT2D eigenvalue weighted by Crippen LogP contribution is -2.20. The van der Waals surface area contributed by atoms with Crippen LogP contribution in [0.5, 0.6) is 5.75 Å². The van der Waals surface area contributed by atoms with Crippen LogP contribution >= 0.6 is 15.9 Å². The SMILES string of the molecule is O=c1c2ccccc2nc(-c2ccccc2)n1N=Cc1ccc(OCc2cccc(F)c2)c(Br)c1. The van der Waals surface area contributed by atoms with Crippen LogP contribution in [0.15, 0.2) is 111 Å². The van der Waals surface area contributed by atoms with Gasteiger partial charge in [0.05, 0.1) is 21.6 Å². The maximum atomic E-state index is 13.4. The molecule has 1 aromatic heterocycles. The Morgan fingerprint density at radius 3 is 2.54 bits per heavy atom. The van der Waals surface area contributed by atoms with E-state index >= 15 is 0 Å². The first-order chi connectivity index (χ1) is 17.1. The molecule has 0 N–H and O–H groups in total. The molecule has 0 bridgehead atoms. The van der Waals surface area contributed by atoms with Gasteiger partial charge in [-0.1, -0.05) is 54.6 Å². The smallest absolute Gasteiger partial charge is 0.282 e. The minimum Gasteiger partial charge on any atom is -0.488 e. The highest BCUT2D eigenvalue weighted by atomic mass is 79.9. The van der Waals surface area contributed by atoms with Crippen molar-refractivity contribution in [3.63, 3.8) is 0 Å². The Morgan fingerprint density at radius 1 is 0.943 bits per heavy atom. The fourth-order valence-corrected chi connectivity index (χ4v) is 4.14. The zero-order valence-corrected chi connectivity index (χ0v) is 20.0. The molecule has 4 aromatic carbocycles. The average molecular weight is 528 g/mol. The number of rotatable bonds is 6. The van der Waals surface area contributed by atoms with Crippen LogP contribution < -0.4 is 10.3 Å². The minimum absolute atomic E-state index is 0.238. The lowest BCUT2D eigenvalue weighted by molar-refractivity contribution is 0.303. The van der Waals surface area contributed by atoms with Crippen LogP contribution in [0.4, 0.5) is 4.39 Å².